The van der Waals surface area contributed by atoms with E-state index in [1.54, 1.807) is 0 Å². The van der Waals surface area contributed by atoms with E-state index in [0.29, 0.717) is 11.1 Å². The van der Waals surface area contributed by atoms with Gasteiger partial charge in [-0.05, 0) is 17.2 Å². The Balaban J connectivity index is -0.00000240. The van der Waals surface area contributed by atoms with E-state index >= 15 is 0 Å². The van der Waals surface area contributed by atoms with Gasteiger partial charge in [0.05, 0.1) is 0 Å². The maximum absolute atomic E-state index is 13.7. The van der Waals surface area contributed by atoms with Gasteiger partial charge in [0.1, 0.15) is 0 Å². The molecule has 0 aliphatic carbocycles. The summed E-state index contributed by atoms with van der Waals surface area (Å²) in [5.74, 6) is 0.551. The van der Waals surface area contributed by atoms with Crippen molar-refractivity contribution in [3.63, 3.8) is 0 Å². The summed E-state index contributed by atoms with van der Waals surface area (Å²) in [6.45, 7) is 0. The zero-order chi connectivity index (χ0) is 23.0. The quantitative estimate of drug-likeness (QED) is 0.159. The molecule has 2 rings (SSSR count). The molecular weight excluding hydrogens is 630 g/mol. The van der Waals surface area contributed by atoms with Crippen molar-refractivity contribution >= 4 is 42.9 Å². The monoisotopic (exact) mass is 640 g/mol. The predicted octanol–water partition coefficient (Wildman–Crippen LogP) is -9.18. The van der Waals surface area contributed by atoms with E-state index in [2.05, 4.69) is 15.9 Å². The second-order valence-electron chi connectivity index (χ2n) is 6.08. The molecule has 18 heteroatoms. The van der Waals surface area contributed by atoms with Crippen LogP contribution in [0, 0.1) is 0 Å². The summed E-state index contributed by atoms with van der Waals surface area (Å²) in [4.78, 5) is 42.8. The van der Waals surface area contributed by atoms with Crippen LogP contribution in [-0.2, 0) is 32.0 Å². The smallest absolute Gasteiger partial charge is 0.806 e. The molecule has 0 saturated carbocycles. The van der Waals surface area contributed by atoms with Gasteiger partial charge in [0.2, 0.25) is 0 Å². The molecule has 2 aromatic rings. The summed E-state index contributed by atoms with van der Waals surface area (Å²) >= 11 is 4.08. The van der Waals surface area contributed by atoms with Crippen LogP contribution >= 0.6 is 42.9 Å². The second-order valence-corrected chi connectivity index (χ2v) is 11.0. The van der Waals surface area contributed by atoms with Crippen LogP contribution in [0.25, 0.3) is 0 Å². The number of hydrogen-bond acceptors (Lipinski definition) is 7. The van der Waals surface area contributed by atoms with Crippen molar-refractivity contribution in [2.75, 3.05) is 0 Å². The Labute approximate surface area is 294 Å². The van der Waals surface area contributed by atoms with E-state index in [4.69, 9.17) is 0 Å². The normalized spacial score (nSPS) is 11.9. The van der Waals surface area contributed by atoms with Crippen LogP contribution < -0.4 is 138 Å². The zero-order valence-electron chi connectivity index (χ0n) is 18.6. The first-order valence-corrected chi connectivity index (χ1v) is 12.9. The van der Waals surface area contributed by atoms with E-state index in [1.807, 2.05) is 0 Å². The average molecular weight is 641 g/mol. The predicted molar refractivity (Wildman–Crippen MR) is 98.6 cm³/mol. The number of rotatable bonds is 8. The fraction of sp³-hybridized carbons (Fsp3) is 0.250. The number of benzene rings is 2. The van der Waals surface area contributed by atoms with Crippen molar-refractivity contribution in [3.8, 4) is 0 Å². The fourth-order valence-electron chi connectivity index (χ4n) is 2.29. The van der Waals surface area contributed by atoms with Crippen LogP contribution in [0.2, 0.25) is 0 Å². The third-order valence-electron chi connectivity index (χ3n) is 3.88. The molecule has 166 valence electrons. The molecule has 0 aliphatic heterocycles. The SMILES string of the molecule is O=P([O-])([O-])C(F)(F)c1ccc(CSCc2ccc(C(F)(F)P(=O)([O-])[O-])c(Br)c2)cc1.[Na+].[Na+].[Na+].[Na+]. The Morgan fingerprint density at radius 3 is 1.56 bits per heavy atom. The maximum atomic E-state index is 13.7. The van der Waals surface area contributed by atoms with Gasteiger partial charge < -0.3 is 28.7 Å². The summed E-state index contributed by atoms with van der Waals surface area (Å²) in [5.41, 5.74) is -9.96. The molecule has 0 amide bonds. The van der Waals surface area contributed by atoms with Crippen LogP contribution in [0.3, 0.4) is 0 Å². The molecule has 0 spiro atoms. The van der Waals surface area contributed by atoms with Crippen molar-refractivity contribution in [1.82, 2.24) is 0 Å². The number of hydrogen-bond donors (Lipinski definition) is 0. The Morgan fingerprint density at radius 2 is 1.15 bits per heavy atom. The second kappa shape index (κ2) is 16.5. The number of thioether (sulfide) groups is 1. The summed E-state index contributed by atoms with van der Waals surface area (Å²) in [6.07, 6.45) is 0. The Bertz CT molecular complexity index is 1030. The standard InChI is InChI=1S/C16H15BrF4O6P2S.4Na/c17-14-7-11(3-6-13(14)16(20,21)29(25,26)27)9-30-8-10-1-4-12(5-2-10)15(18,19)28(22,23)24;;;;/h1-7H,8-9H2,(H2,22,23,24)(H2,25,26,27);;;;/q;4*+1/p-4. The maximum Gasteiger partial charge on any atom is 1.00 e. The van der Waals surface area contributed by atoms with Crippen LogP contribution in [0.15, 0.2) is 46.9 Å². The first kappa shape index (κ1) is 41.8. The average Bonchev–Trinajstić information content (AvgIpc) is 2.60. The molecule has 0 aromatic heterocycles. The minimum Gasteiger partial charge on any atom is -0.806 e. The molecule has 2 aromatic carbocycles. The van der Waals surface area contributed by atoms with Gasteiger partial charge >= 0.3 is 118 Å². The molecule has 0 N–H and O–H groups in total. The molecule has 0 fully saturated rings. The van der Waals surface area contributed by atoms with Gasteiger partial charge in [-0.2, -0.15) is 29.3 Å². The third kappa shape index (κ3) is 10.7. The van der Waals surface area contributed by atoms with E-state index in [9.17, 15) is 46.3 Å². The fourth-order valence-corrected chi connectivity index (χ4v) is 5.02. The topological polar surface area (TPSA) is 126 Å². The summed E-state index contributed by atoms with van der Waals surface area (Å²) in [5, 5.41) is 0. The first-order chi connectivity index (χ1) is 13.6. The van der Waals surface area contributed by atoms with Crippen molar-refractivity contribution in [1.29, 1.82) is 0 Å². The zero-order valence-corrected chi connectivity index (χ0v) is 30.8. The Hall–Kier alpha value is 3.29. The number of halogens is 5. The van der Waals surface area contributed by atoms with E-state index in [0.717, 1.165) is 18.2 Å². The van der Waals surface area contributed by atoms with Crippen LogP contribution in [-0.4, -0.2) is 0 Å². The largest absolute Gasteiger partial charge is 1.00 e. The van der Waals surface area contributed by atoms with Gasteiger partial charge in [-0.15, -0.1) is 0 Å². The minimum atomic E-state index is -6.20. The van der Waals surface area contributed by atoms with Gasteiger partial charge in [0.15, 0.2) is 0 Å². The first-order valence-electron chi connectivity index (χ1n) is 7.83. The molecule has 0 aliphatic rings. The third-order valence-corrected chi connectivity index (χ3v) is 7.49. The Kier molecular flexibility index (Phi) is 20.3. The molecule has 34 heavy (non-hydrogen) atoms. The van der Waals surface area contributed by atoms with Gasteiger partial charge in [-0.25, -0.2) is 0 Å². The molecule has 6 nitrogen and oxygen atoms in total. The van der Waals surface area contributed by atoms with E-state index in [-0.39, 0.29) is 134 Å². The van der Waals surface area contributed by atoms with Gasteiger partial charge in [0.25, 0.3) is 11.3 Å². The molecule has 0 atom stereocenters. The van der Waals surface area contributed by atoms with E-state index < -0.39 is 37.6 Å². The van der Waals surface area contributed by atoms with Crippen molar-refractivity contribution in [3.05, 3.63) is 69.2 Å². The molecule has 0 heterocycles. The van der Waals surface area contributed by atoms with Crippen LogP contribution in [0.1, 0.15) is 22.3 Å². The van der Waals surface area contributed by atoms with Crippen molar-refractivity contribution in [2.45, 2.75) is 22.8 Å². The molecule has 0 saturated heterocycles. The molecule has 0 unspecified atom stereocenters. The molecule has 0 bridgehead atoms. The summed E-state index contributed by atoms with van der Waals surface area (Å²) < 4.78 is 75.5. The minimum absolute atomic E-state index is 0. The molecule has 0 radical (unpaired) electrons. The van der Waals surface area contributed by atoms with Gasteiger partial charge in [-0.1, -0.05) is 52.3 Å². The molecular formula is C16H11BrF4Na4O6P2S. The van der Waals surface area contributed by atoms with Gasteiger partial charge in [-0.3, -0.25) is 0 Å². The van der Waals surface area contributed by atoms with Crippen molar-refractivity contribution in [2.24, 2.45) is 0 Å². The summed E-state index contributed by atoms with van der Waals surface area (Å²) in [7, 11) is -12.4. The van der Waals surface area contributed by atoms with Crippen LogP contribution in [0.4, 0.5) is 17.6 Å². The van der Waals surface area contributed by atoms with Gasteiger partial charge in [0, 0.05) is 42.3 Å². The number of alkyl halides is 4. The Morgan fingerprint density at radius 1 is 0.735 bits per heavy atom. The van der Waals surface area contributed by atoms with E-state index in [1.165, 1.54) is 36.0 Å². The summed E-state index contributed by atoms with van der Waals surface area (Å²) in [6, 6.07) is 7.39. The van der Waals surface area contributed by atoms with Crippen molar-refractivity contribution < 1.29 is 164 Å². The van der Waals surface area contributed by atoms with Crippen LogP contribution in [0.5, 0.6) is 0 Å².